The standard InChI is InChI=1S/C48H46O12/c1-5-33-21-23-34(24-22-33)27-39-26-25-35(29-54-31(2)49)28-40(39)56-47-42(58-45(52)37-17-11-7-12-18-37)43(59-46(53)38-19-13-8-14-20-38)48(4,60-32(3)50)41(57-47)30-55-44(51)36-15-9-6-10-16-36/h6-26,28,41-43,47H,5,27,29-30H2,1-4H3/t41-,42-,43-,47-,48-/m1/s1. The molecule has 12 nitrogen and oxygen atoms in total. The van der Waals surface area contributed by atoms with Gasteiger partial charge < -0.3 is 33.2 Å². The van der Waals surface area contributed by atoms with Crippen LogP contribution < -0.4 is 4.74 Å². The van der Waals surface area contributed by atoms with E-state index in [-0.39, 0.29) is 29.0 Å². The molecule has 0 saturated carbocycles. The number of ether oxygens (including phenoxy) is 7. The van der Waals surface area contributed by atoms with Crippen LogP contribution in [0.1, 0.15) is 81.0 Å². The average Bonchev–Trinajstić information content (AvgIpc) is 3.26. The lowest BCUT2D eigenvalue weighted by Gasteiger charge is -2.50. The van der Waals surface area contributed by atoms with E-state index in [4.69, 9.17) is 33.2 Å². The molecule has 0 aliphatic carbocycles. The van der Waals surface area contributed by atoms with E-state index in [0.717, 1.165) is 24.5 Å². The van der Waals surface area contributed by atoms with Crippen LogP contribution in [-0.2, 0) is 57.5 Å². The van der Waals surface area contributed by atoms with E-state index in [1.807, 2.05) is 30.3 Å². The molecule has 1 fully saturated rings. The minimum absolute atomic E-state index is 0.0744. The third-order valence-corrected chi connectivity index (χ3v) is 9.95. The summed E-state index contributed by atoms with van der Waals surface area (Å²) in [6.07, 6.45) is -4.91. The van der Waals surface area contributed by atoms with Gasteiger partial charge in [-0.15, -0.1) is 0 Å². The molecule has 60 heavy (non-hydrogen) atoms. The van der Waals surface area contributed by atoms with E-state index in [1.54, 1.807) is 91.0 Å². The van der Waals surface area contributed by atoms with Crippen LogP contribution in [0.5, 0.6) is 5.75 Å². The van der Waals surface area contributed by atoms with Crippen LogP contribution in [0.3, 0.4) is 0 Å². The maximum atomic E-state index is 14.0. The maximum Gasteiger partial charge on any atom is 0.338 e. The van der Waals surface area contributed by atoms with E-state index < -0.39 is 66.7 Å². The van der Waals surface area contributed by atoms with Crippen LogP contribution in [0.25, 0.3) is 0 Å². The van der Waals surface area contributed by atoms with E-state index in [0.29, 0.717) is 17.5 Å². The second-order valence-electron chi connectivity index (χ2n) is 14.3. The van der Waals surface area contributed by atoms with Gasteiger partial charge in [-0.2, -0.15) is 0 Å². The summed E-state index contributed by atoms with van der Waals surface area (Å²) in [5.41, 5.74) is 2.00. The first-order valence-electron chi connectivity index (χ1n) is 19.5. The first-order valence-corrected chi connectivity index (χ1v) is 19.5. The highest BCUT2D eigenvalue weighted by Gasteiger charge is 2.61. The van der Waals surface area contributed by atoms with Crippen LogP contribution in [-0.4, -0.2) is 66.7 Å². The van der Waals surface area contributed by atoms with Crippen molar-refractivity contribution in [3.8, 4) is 5.75 Å². The molecular formula is C48H46O12. The first kappa shape index (κ1) is 42.8. The van der Waals surface area contributed by atoms with Crippen LogP contribution in [0.4, 0.5) is 0 Å². The third kappa shape index (κ3) is 10.8. The van der Waals surface area contributed by atoms with Gasteiger partial charge in [0.25, 0.3) is 0 Å². The molecule has 5 aromatic rings. The Bertz CT molecular complexity index is 2260. The lowest BCUT2D eigenvalue weighted by Crippen LogP contribution is -2.70. The normalized spacial score (nSPS) is 19.6. The summed E-state index contributed by atoms with van der Waals surface area (Å²) in [4.78, 5) is 66.0. The predicted molar refractivity (Wildman–Crippen MR) is 218 cm³/mol. The lowest BCUT2D eigenvalue weighted by atomic mass is 9.85. The topological polar surface area (TPSA) is 150 Å². The largest absolute Gasteiger partial charge is 0.461 e. The minimum Gasteiger partial charge on any atom is -0.461 e. The highest BCUT2D eigenvalue weighted by molar-refractivity contribution is 5.91. The summed E-state index contributed by atoms with van der Waals surface area (Å²) in [5.74, 6) is -3.37. The summed E-state index contributed by atoms with van der Waals surface area (Å²) < 4.78 is 42.8. The van der Waals surface area contributed by atoms with Crippen LogP contribution in [0.15, 0.2) is 133 Å². The number of carbonyl (C=O) groups excluding carboxylic acids is 5. The zero-order chi connectivity index (χ0) is 42.6. The second kappa shape index (κ2) is 19.8. The molecule has 0 bridgehead atoms. The van der Waals surface area contributed by atoms with Crippen molar-refractivity contribution in [2.75, 3.05) is 6.61 Å². The fourth-order valence-corrected chi connectivity index (χ4v) is 6.76. The summed E-state index contributed by atoms with van der Waals surface area (Å²) in [6, 6.07) is 37.9. The molecule has 0 aromatic heterocycles. The van der Waals surface area contributed by atoms with E-state index in [2.05, 4.69) is 6.92 Å². The zero-order valence-electron chi connectivity index (χ0n) is 33.7. The Morgan fingerprint density at radius 3 is 1.70 bits per heavy atom. The monoisotopic (exact) mass is 814 g/mol. The second-order valence-corrected chi connectivity index (χ2v) is 14.3. The number of rotatable bonds is 15. The molecule has 0 amide bonds. The summed E-state index contributed by atoms with van der Waals surface area (Å²) in [5, 5.41) is 0. The maximum absolute atomic E-state index is 14.0. The van der Waals surface area contributed by atoms with Crippen LogP contribution in [0.2, 0.25) is 0 Å². The number of carbonyl (C=O) groups is 5. The molecule has 1 heterocycles. The fourth-order valence-electron chi connectivity index (χ4n) is 6.76. The van der Waals surface area contributed by atoms with Gasteiger partial charge in [-0.3, -0.25) is 9.59 Å². The third-order valence-electron chi connectivity index (χ3n) is 9.95. The Balaban J connectivity index is 1.47. The fraction of sp³-hybridized carbons (Fsp3) is 0.271. The Hall–Kier alpha value is -6.79. The zero-order valence-corrected chi connectivity index (χ0v) is 33.7. The molecule has 0 spiro atoms. The van der Waals surface area contributed by atoms with Gasteiger partial charge in [0.2, 0.25) is 12.4 Å². The molecule has 1 aliphatic rings. The smallest absolute Gasteiger partial charge is 0.338 e. The highest BCUT2D eigenvalue weighted by atomic mass is 16.7. The molecule has 12 heteroatoms. The van der Waals surface area contributed by atoms with Crippen molar-refractivity contribution in [1.29, 1.82) is 0 Å². The number of benzene rings is 5. The van der Waals surface area contributed by atoms with Crippen molar-refractivity contribution in [2.45, 2.75) is 77.3 Å². The first-order chi connectivity index (χ1) is 28.9. The van der Waals surface area contributed by atoms with Crippen molar-refractivity contribution in [2.24, 2.45) is 0 Å². The lowest BCUT2D eigenvalue weighted by molar-refractivity contribution is -0.309. The average molecular weight is 815 g/mol. The van der Waals surface area contributed by atoms with E-state index >= 15 is 0 Å². The molecule has 0 N–H and O–H groups in total. The summed E-state index contributed by atoms with van der Waals surface area (Å²) >= 11 is 0. The number of hydrogen-bond donors (Lipinski definition) is 0. The van der Waals surface area contributed by atoms with Crippen molar-refractivity contribution in [3.63, 3.8) is 0 Å². The molecule has 1 saturated heterocycles. The van der Waals surface area contributed by atoms with Crippen molar-refractivity contribution in [1.82, 2.24) is 0 Å². The van der Waals surface area contributed by atoms with Gasteiger partial charge in [-0.1, -0.05) is 97.9 Å². The number of esters is 5. The van der Waals surface area contributed by atoms with Crippen molar-refractivity contribution in [3.05, 3.63) is 172 Å². The summed E-state index contributed by atoms with van der Waals surface area (Å²) in [6.45, 7) is 5.39. The molecule has 0 radical (unpaired) electrons. The van der Waals surface area contributed by atoms with Gasteiger partial charge in [0.1, 0.15) is 25.1 Å². The minimum atomic E-state index is -1.95. The van der Waals surface area contributed by atoms with Gasteiger partial charge in [-0.05, 0) is 78.1 Å². The SMILES string of the molecule is CCc1ccc(Cc2ccc(COC(C)=O)cc2O[C@@H]2O[C@H](COC(=O)c3ccccc3)[C@@](C)(OC(C)=O)[C@H](OC(=O)c3ccccc3)[C@H]2OC(=O)c2ccccc2)cc1. The highest BCUT2D eigenvalue weighted by Crippen LogP contribution is 2.40. The molecule has 5 aromatic carbocycles. The molecule has 6 rings (SSSR count). The molecule has 310 valence electrons. The Kier molecular flexibility index (Phi) is 14.1. The van der Waals surface area contributed by atoms with E-state index in [1.165, 1.54) is 26.0 Å². The molecular weight excluding hydrogens is 769 g/mol. The Labute approximate surface area is 348 Å². The summed E-state index contributed by atoms with van der Waals surface area (Å²) in [7, 11) is 0. The van der Waals surface area contributed by atoms with Crippen LogP contribution >= 0.6 is 0 Å². The van der Waals surface area contributed by atoms with Crippen LogP contribution in [0, 0.1) is 0 Å². The quantitative estimate of drug-likeness (QED) is 0.0755. The van der Waals surface area contributed by atoms with Gasteiger partial charge in [0.05, 0.1) is 16.7 Å². The number of hydrogen-bond acceptors (Lipinski definition) is 12. The molecule has 1 aliphatic heterocycles. The van der Waals surface area contributed by atoms with Gasteiger partial charge >= 0.3 is 29.8 Å². The number of aryl methyl sites for hydroxylation is 1. The van der Waals surface area contributed by atoms with Crippen molar-refractivity contribution >= 4 is 29.8 Å². The molecule has 0 unspecified atom stereocenters. The predicted octanol–water partition coefficient (Wildman–Crippen LogP) is 7.64. The Morgan fingerprint density at radius 2 is 1.15 bits per heavy atom. The Morgan fingerprint density at radius 1 is 0.617 bits per heavy atom. The van der Waals surface area contributed by atoms with Gasteiger partial charge in [0, 0.05) is 20.3 Å². The van der Waals surface area contributed by atoms with Gasteiger partial charge in [-0.25, -0.2) is 14.4 Å². The van der Waals surface area contributed by atoms with Crippen molar-refractivity contribution < 1.29 is 57.1 Å². The van der Waals surface area contributed by atoms with E-state index in [9.17, 15) is 24.0 Å². The molecule has 5 atom stereocenters. The van der Waals surface area contributed by atoms with Gasteiger partial charge in [0.15, 0.2) is 11.7 Å².